The summed E-state index contributed by atoms with van der Waals surface area (Å²) in [6.07, 6.45) is 6.13. The number of aryl methyl sites for hydroxylation is 4. The normalized spacial score (nSPS) is 12.8. The molecule has 0 bridgehead atoms. The summed E-state index contributed by atoms with van der Waals surface area (Å²) in [6.45, 7) is 8.22. The molecule has 5 nitrogen and oxygen atoms in total. The first kappa shape index (κ1) is 14.8. The van der Waals surface area contributed by atoms with Crippen LogP contribution in [0.4, 0.5) is 0 Å². The molecule has 0 saturated heterocycles. The molecule has 20 heavy (non-hydrogen) atoms. The maximum atomic E-state index is 4.55. The predicted molar refractivity (Wildman–Crippen MR) is 80.6 cm³/mol. The van der Waals surface area contributed by atoms with Gasteiger partial charge >= 0.3 is 0 Å². The monoisotopic (exact) mass is 275 g/mol. The second-order valence-electron chi connectivity index (χ2n) is 5.20. The molecule has 0 spiro atoms. The third kappa shape index (κ3) is 3.48. The second-order valence-corrected chi connectivity index (χ2v) is 5.20. The number of hydrogen-bond acceptors (Lipinski definition) is 3. The molecular formula is C15H25N5. The van der Waals surface area contributed by atoms with E-state index in [4.69, 9.17) is 0 Å². The molecule has 2 heterocycles. The summed E-state index contributed by atoms with van der Waals surface area (Å²) in [4.78, 5) is 0. The highest BCUT2D eigenvalue weighted by molar-refractivity contribution is 5.14. The summed E-state index contributed by atoms with van der Waals surface area (Å²) in [5.74, 6) is 0. The molecule has 5 heteroatoms. The van der Waals surface area contributed by atoms with Crippen LogP contribution < -0.4 is 5.32 Å². The predicted octanol–water partition coefficient (Wildman–Crippen LogP) is 2.23. The summed E-state index contributed by atoms with van der Waals surface area (Å²) in [7, 11) is 1.96. The Hall–Kier alpha value is -1.62. The van der Waals surface area contributed by atoms with Crippen molar-refractivity contribution in [1.29, 1.82) is 0 Å². The molecule has 110 valence electrons. The van der Waals surface area contributed by atoms with Gasteiger partial charge in [-0.2, -0.15) is 10.2 Å². The molecule has 0 aliphatic rings. The first-order valence-electron chi connectivity index (χ1n) is 7.39. The lowest BCUT2D eigenvalue weighted by atomic mass is 10.0. The lowest BCUT2D eigenvalue weighted by molar-refractivity contribution is 0.466. The molecule has 0 aliphatic carbocycles. The minimum Gasteiger partial charge on any atom is -0.309 e. The van der Waals surface area contributed by atoms with Gasteiger partial charge in [-0.25, -0.2) is 0 Å². The van der Waals surface area contributed by atoms with Crippen LogP contribution in [0.5, 0.6) is 0 Å². The highest BCUT2D eigenvalue weighted by Crippen LogP contribution is 2.20. The number of nitrogens with one attached hydrogen (secondary N) is 1. The lowest BCUT2D eigenvalue weighted by Gasteiger charge is -2.18. The van der Waals surface area contributed by atoms with Crippen LogP contribution in [0.3, 0.4) is 0 Å². The second kappa shape index (κ2) is 6.70. The van der Waals surface area contributed by atoms with E-state index in [-0.39, 0.29) is 0 Å². The first-order valence-corrected chi connectivity index (χ1v) is 7.39. The van der Waals surface area contributed by atoms with Gasteiger partial charge in [0, 0.05) is 25.8 Å². The molecule has 0 saturated carbocycles. The van der Waals surface area contributed by atoms with E-state index < -0.39 is 0 Å². The SMILES string of the molecule is CCNC(CCc1cnn(C)c1)c1cc(C)nn1CC. The third-order valence-corrected chi connectivity index (χ3v) is 3.52. The number of aromatic nitrogens is 4. The lowest BCUT2D eigenvalue weighted by Crippen LogP contribution is -2.24. The van der Waals surface area contributed by atoms with Crippen molar-refractivity contribution in [1.82, 2.24) is 24.9 Å². The van der Waals surface area contributed by atoms with Crippen molar-refractivity contribution in [2.24, 2.45) is 7.05 Å². The molecule has 2 aromatic rings. The third-order valence-electron chi connectivity index (χ3n) is 3.52. The fraction of sp³-hybridized carbons (Fsp3) is 0.600. The van der Waals surface area contributed by atoms with Crippen molar-refractivity contribution in [2.75, 3.05) is 6.54 Å². The van der Waals surface area contributed by atoms with Gasteiger partial charge in [-0.1, -0.05) is 6.92 Å². The Labute approximate surface area is 121 Å². The zero-order valence-electron chi connectivity index (χ0n) is 12.9. The molecule has 2 rings (SSSR count). The number of hydrogen-bond donors (Lipinski definition) is 1. The average Bonchev–Trinajstić information content (AvgIpc) is 3.00. The van der Waals surface area contributed by atoms with Gasteiger partial charge in [-0.05, 0) is 44.9 Å². The fourth-order valence-electron chi connectivity index (χ4n) is 2.61. The Morgan fingerprint density at radius 3 is 2.75 bits per heavy atom. The van der Waals surface area contributed by atoms with Crippen molar-refractivity contribution < 1.29 is 0 Å². The van der Waals surface area contributed by atoms with Crippen molar-refractivity contribution in [3.8, 4) is 0 Å². The Bertz CT molecular complexity index is 540. The van der Waals surface area contributed by atoms with Gasteiger partial charge < -0.3 is 5.32 Å². The molecule has 0 radical (unpaired) electrons. The molecule has 0 amide bonds. The minimum absolute atomic E-state index is 0.348. The van der Waals surface area contributed by atoms with Crippen LogP contribution in [-0.2, 0) is 20.0 Å². The van der Waals surface area contributed by atoms with Gasteiger partial charge in [0.1, 0.15) is 0 Å². The zero-order chi connectivity index (χ0) is 14.5. The highest BCUT2D eigenvalue weighted by atomic mass is 15.3. The Morgan fingerprint density at radius 2 is 2.15 bits per heavy atom. The number of nitrogens with zero attached hydrogens (tertiary/aromatic N) is 4. The van der Waals surface area contributed by atoms with Crippen molar-refractivity contribution >= 4 is 0 Å². The van der Waals surface area contributed by atoms with Crippen LogP contribution in [0.15, 0.2) is 18.5 Å². The summed E-state index contributed by atoms with van der Waals surface area (Å²) >= 11 is 0. The number of rotatable bonds is 7. The van der Waals surface area contributed by atoms with Gasteiger partial charge in [0.2, 0.25) is 0 Å². The molecular weight excluding hydrogens is 250 g/mol. The van der Waals surface area contributed by atoms with E-state index in [1.54, 1.807) is 0 Å². The van der Waals surface area contributed by atoms with E-state index in [1.165, 1.54) is 11.3 Å². The van der Waals surface area contributed by atoms with Crippen LogP contribution in [0, 0.1) is 6.92 Å². The summed E-state index contributed by atoms with van der Waals surface area (Å²) < 4.78 is 3.96. The van der Waals surface area contributed by atoms with Crippen LogP contribution >= 0.6 is 0 Å². The van der Waals surface area contributed by atoms with Gasteiger partial charge in [0.15, 0.2) is 0 Å². The zero-order valence-corrected chi connectivity index (χ0v) is 12.9. The quantitative estimate of drug-likeness (QED) is 0.843. The molecule has 2 aromatic heterocycles. The smallest absolute Gasteiger partial charge is 0.0597 e. The van der Waals surface area contributed by atoms with Crippen molar-refractivity contribution in [3.63, 3.8) is 0 Å². The van der Waals surface area contributed by atoms with Crippen molar-refractivity contribution in [3.05, 3.63) is 35.4 Å². The molecule has 0 aromatic carbocycles. The van der Waals surface area contributed by atoms with E-state index >= 15 is 0 Å². The maximum absolute atomic E-state index is 4.55. The maximum Gasteiger partial charge on any atom is 0.0597 e. The average molecular weight is 275 g/mol. The first-order chi connectivity index (χ1) is 9.63. The van der Waals surface area contributed by atoms with Crippen LogP contribution in [0.1, 0.15) is 43.3 Å². The summed E-state index contributed by atoms with van der Waals surface area (Å²) in [5, 5.41) is 12.4. The fourth-order valence-corrected chi connectivity index (χ4v) is 2.61. The minimum atomic E-state index is 0.348. The molecule has 0 aliphatic heterocycles. The van der Waals surface area contributed by atoms with Gasteiger partial charge in [-0.3, -0.25) is 9.36 Å². The topological polar surface area (TPSA) is 47.7 Å². The van der Waals surface area contributed by atoms with Gasteiger partial charge in [-0.15, -0.1) is 0 Å². The van der Waals surface area contributed by atoms with E-state index in [9.17, 15) is 0 Å². The van der Waals surface area contributed by atoms with Gasteiger partial charge in [0.05, 0.1) is 17.6 Å². The molecule has 1 atom stereocenters. The van der Waals surface area contributed by atoms with E-state index in [1.807, 2.05) is 17.9 Å². The van der Waals surface area contributed by atoms with E-state index in [0.717, 1.165) is 31.6 Å². The Balaban J connectivity index is 2.09. The summed E-state index contributed by atoms with van der Waals surface area (Å²) in [6, 6.07) is 2.54. The highest BCUT2D eigenvalue weighted by Gasteiger charge is 2.16. The standard InChI is InChI=1S/C15H25N5/c1-5-16-14(8-7-13-10-17-19(4)11-13)15-9-12(3)18-20(15)6-2/h9-11,14,16H,5-8H2,1-4H3. The molecule has 0 fully saturated rings. The summed E-state index contributed by atoms with van der Waals surface area (Å²) in [5.41, 5.74) is 3.66. The molecule has 1 unspecified atom stereocenters. The van der Waals surface area contributed by atoms with E-state index in [0.29, 0.717) is 6.04 Å². The van der Waals surface area contributed by atoms with Gasteiger partial charge in [0.25, 0.3) is 0 Å². The van der Waals surface area contributed by atoms with Crippen LogP contribution in [0.2, 0.25) is 0 Å². The van der Waals surface area contributed by atoms with E-state index in [2.05, 4.69) is 53.2 Å². The van der Waals surface area contributed by atoms with Crippen LogP contribution in [0.25, 0.3) is 0 Å². The Morgan fingerprint density at radius 1 is 1.35 bits per heavy atom. The van der Waals surface area contributed by atoms with Crippen LogP contribution in [-0.4, -0.2) is 26.1 Å². The molecule has 1 N–H and O–H groups in total. The largest absolute Gasteiger partial charge is 0.309 e. The van der Waals surface area contributed by atoms with Crippen molar-refractivity contribution in [2.45, 2.75) is 46.2 Å². The Kier molecular flexibility index (Phi) is 4.95.